The second-order valence-corrected chi connectivity index (χ2v) is 7.41. The molecular formula is C20H28N4. The lowest BCUT2D eigenvalue weighted by atomic mass is 9.95. The van der Waals surface area contributed by atoms with E-state index in [9.17, 15) is 0 Å². The summed E-state index contributed by atoms with van der Waals surface area (Å²) in [6, 6.07) is 11.6. The third kappa shape index (κ3) is 3.40. The van der Waals surface area contributed by atoms with E-state index in [4.69, 9.17) is 0 Å². The van der Waals surface area contributed by atoms with Crippen molar-refractivity contribution in [1.82, 2.24) is 19.6 Å². The molecule has 3 aliphatic rings. The van der Waals surface area contributed by atoms with Gasteiger partial charge in [-0.05, 0) is 55.5 Å². The molecule has 0 spiro atoms. The van der Waals surface area contributed by atoms with Gasteiger partial charge in [0, 0.05) is 44.6 Å². The number of fused-ring (bicyclic) bond motifs is 4. The van der Waals surface area contributed by atoms with Crippen molar-refractivity contribution in [2.24, 2.45) is 5.92 Å². The Balaban J connectivity index is 1.47. The van der Waals surface area contributed by atoms with Crippen LogP contribution in [0.1, 0.15) is 31.7 Å². The normalized spacial score (nSPS) is 25.0. The minimum atomic E-state index is 0.762. The van der Waals surface area contributed by atoms with Crippen molar-refractivity contribution in [3.63, 3.8) is 0 Å². The van der Waals surface area contributed by atoms with E-state index in [1.54, 1.807) is 0 Å². The predicted molar refractivity (Wildman–Crippen MR) is 97.2 cm³/mol. The maximum atomic E-state index is 4.35. The molecule has 0 saturated carbocycles. The van der Waals surface area contributed by atoms with Crippen molar-refractivity contribution >= 4 is 0 Å². The van der Waals surface area contributed by atoms with E-state index in [2.05, 4.69) is 46.1 Å². The zero-order chi connectivity index (χ0) is 16.4. The van der Waals surface area contributed by atoms with E-state index in [0.717, 1.165) is 24.2 Å². The van der Waals surface area contributed by atoms with Gasteiger partial charge in [0.2, 0.25) is 0 Å². The lowest BCUT2D eigenvalue weighted by molar-refractivity contribution is 0.131. The van der Waals surface area contributed by atoms with E-state index >= 15 is 0 Å². The number of hydrogen-bond acceptors (Lipinski definition) is 3. The summed E-state index contributed by atoms with van der Waals surface area (Å²) < 4.78 is 1.94. The van der Waals surface area contributed by atoms with Crippen LogP contribution in [-0.2, 0) is 6.54 Å². The van der Waals surface area contributed by atoms with Gasteiger partial charge in [0.25, 0.3) is 0 Å². The summed E-state index contributed by atoms with van der Waals surface area (Å²) in [7, 11) is 0. The number of aromatic nitrogens is 2. The van der Waals surface area contributed by atoms with E-state index in [-0.39, 0.29) is 0 Å². The molecular weight excluding hydrogens is 296 g/mol. The zero-order valence-electron chi connectivity index (χ0n) is 14.6. The fourth-order valence-corrected chi connectivity index (χ4v) is 4.44. The summed E-state index contributed by atoms with van der Waals surface area (Å²) in [6.45, 7) is 8.41. The van der Waals surface area contributed by atoms with Crippen molar-refractivity contribution in [3.05, 3.63) is 48.3 Å². The largest absolute Gasteiger partial charge is 0.299 e. The molecule has 0 N–H and O–H groups in total. The molecule has 2 bridgehead atoms. The molecule has 4 heterocycles. The van der Waals surface area contributed by atoms with E-state index in [0.29, 0.717) is 0 Å². The number of hydrogen-bond donors (Lipinski definition) is 0. The molecule has 24 heavy (non-hydrogen) atoms. The van der Waals surface area contributed by atoms with E-state index in [1.165, 1.54) is 51.0 Å². The highest BCUT2D eigenvalue weighted by molar-refractivity contribution is 5.35. The smallest absolute Gasteiger partial charge is 0.0648 e. The first-order chi connectivity index (χ1) is 11.8. The molecule has 1 aromatic carbocycles. The summed E-state index contributed by atoms with van der Waals surface area (Å²) in [4.78, 5) is 5.43. The molecule has 0 amide bonds. The SMILES string of the molecule is CCCN1C[C@@H]2CC[C@H]1CN(Cc1cccc(-n3cccn3)c1)C2. The van der Waals surface area contributed by atoms with Crippen LogP contribution in [0.3, 0.4) is 0 Å². The maximum Gasteiger partial charge on any atom is 0.0648 e. The van der Waals surface area contributed by atoms with Crippen LogP contribution in [0.25, 0.3) is 5.69 Å². The second-order valence-electron chi connectivity index (χ2n) is 7.41. The first-order valence-electron chi connectivity index (χ1n) is 9.37. The first kappa shape index (κ1) is 15.9. The van der Waals surface area contributed by atoms with Crippen LogP contribution in [0, 0.1) is 5.92 Å². The van der Waals surface area contributed by atoms with Crippen molar-refractivity contribution in [2.45, 2.75) is 38.8 Å². The highest BCUT2D eigenvalue weighted by atomic mass is 15.3. The average molecular weight is 324 g/mol. The second kappa shape index (κ2) is 7.08. The Morgan fingerprint density at radius 3 is 2.92 bits per heavy atom. The Kier molecular flexibility index (Phi) is 4.67. The monoisotopic (exact) mass is 324 g/mol. The fraction of sp³-hybridized carbons (Fsp3) is 0.550. The molecule has 5 rings (SSSR count). The van der Waals surface area contributed by atoms with Crippen LogP contribution in [0.2, 0.25) is 0 Å². The van der Waals surface area contributed by atoms with Gasteiger partial charge in [0.15, 0.2) is 0 Å². The topological polar surface area (TPSA) is 24.3 Å². The Labute approximate surface area is 145 Å². The number of benzene rings is 1. The molecule has 128 valence electrons. The minimum absolute atomic E-state index is 0.762. The Morgan fingerprint density at radius 2 is 2.08 bits per heavy atom. The van der Waals surface area contributed by atoms with Gasteiger partial charge in [-0.25, -0.2) is 4.68 Å². The summed E-state index contributed by atoms with van der Waals surface area (Å²) in [6.07, 6.45) is 7.91. The van der Waals surface area contributed by atoms with Crippen LogP contribution in [0.15, 0.2) is 42.7 Å². The number of nitrogens with zero attached hydrogens (tertiary/aromatic N) is 4. The molecule has 2 atom stereocenters. The summed E-state index contributed by atoms with van der Waals surface area (Å²) in [5.41, 5.74) is 2.55. The van der Waals surface area contributed by atoms with Crippen molar-refractivity contribution in [1.29, 1.82) is 0 Å². The van der Waals surface area contributed by atoms with Gasteiger partial charge in [-0.2, -0.15) is 5.10 Å². The van der Waals surface area contributed by atoms with Crippen LogP contribution in [0.5, 0.6) is 0 Å². The maximum absolute atomic E-state index is 4.35. The molecule has 2 aromatic rings. The third-order valence-electron chi connectivity index (χ3n) is 5.50. The van der Waals surface area contributed by atoms with Gasteiger partial charge in [-0.3, -0.25) is 9.80 Å². The van der Waals surface area contributed by atoms with Gasteiger partial charge in [-0.15, -0.1) is 0 Å². The van der Waals surface area contributed by atoms with Gasteiger partial charge in [0.05, 0.1) is 5.69 Å². The van der Waals surface area contributed by atoms with Crippen molar-refractivity contribution in [3.8, 4) is 5.69 Å². The third-order valence-corrected chi connectivity index (χ3v) is 5.50. The molecule has 3 saturated heterocycles. The Morgan fingerprint density at radius 1 is 1.12 bits per heavy atom. The standard InChI is InChI=1S/C20H28N4/c1-2-10-23-15-18-7-8-20(23)16-22(14-18)13-17-5-3-6-19(12-17)24-11-4-9-21-24/h3-6,9,11-12,18,20H,2,7-8,10,13-16H2,1H3/t18-,20+/m1/s1. The molecule has 0 radical (unpaired) electrons. The predicted octanol–water partition coefficient (Wildman–Crippen LogP) is 3.18. The molecule has 0 aliphatic carbocycles. The van der Waals surface area contributed by atoms with E-state index in [1.807, 2.05) is 23.1 Å². The highest BCUT2D eigenvalue weighted by Crippen LogP contribution is 2.29. The van der Waals surface area contributed by atoms with Crippen LogP contribution in [0.4, 0.5) is 0 Å². The first-order valence-corrected chi connectivity index (χ1v) is 9.37. The molecule has 1 aromatic heterocycles. The molecule has 3 aliphatic heterocycles. The van der Waals surface area contributed by atoms with Crippen LogP contribution < -0.4 is 0 Å². The van der Waals surface area contributed by atoms with Gasteiger partial charge < -0.3 is 0 Å². The quantitative estimate of drug-likeness (QED) is 0.844. The highest BCUT2D eigenvalue weighted by Gasteiger charge is 2.34. The fourth-order valence-electron chi connectivity index (χ4n) is 4.44. The summed E-state index contributed by atoms with van der Waals surface area (Å²) in [5.74, 6) is 0.851. The van der Waals surface area contributed by atoms with Gasteiger partial charge in [-0.1, -0.05) is 19.1 Å². The van der Waals surface area contributed by atoms with Crippen LogP contribution in [-0.4, -0.2) is 51.8 Å². The lowest BCUT2D eigenvalue weighted by Crippen LogP contribution is -2.44. The zero-order valence-corrected chi connectivity index (χ0v) is 14.6. The number of piperidine rings is 1. The average Bonchev–Trinajstić information content (AvgIpc) is 3.00. The minimum Gasteiger partial charge on any atom is -0.299 e. The Bertz CT molecular complexity index is 651. The molecule has 3 fully saturated rings. The van der Waals surface area contributed by atoms with Crippen LogP contribution >= 0.6 is 0 Å². The van der Waals surface area contributed by atoms with E-state index < -0.39 is 0 Å². The van der Waals surface area contributed by atoms with Crippen molar-refractivity contribution < 1.29 is 0 Å². The molecule has 4 nitrogen and oxygen atoms in total. The summed E-state index contributed by atoms with van der Waals surface area (Å²) >= 11 is 0. The number of rotatable bonds is 5. The summed E-state index contributed by atoms with van der Waals surface area (Å²) in [5, 5.41) is 4.35. The van der Waals surface area contributed by atoms with Gasteiger partial charge in [0.1, 0.15) is 0 Å². The van der Waals surface area contributed by atoms with Gasteiger partial charge >= 0.3 is 0 Å². The Hall–Kier alpha value is -1.65. The molecule has 4 heteroatoms. The lowest BCUT2D eigenvalue weighted by Gasteiger charge is -2.35. The van der Waals surface area contributed by atoms with Crippen molar-refractivity contribution in [2.75, 3.05) is 26.2 Å². The molecule has 0 unspecified atom stereocenters.